The molecular weight excluding hydrogens is 412 g/mol. The summed E-state index contributed by atoms with van der Waals surface area (Å²) in [5.74, 6) is -2.76. The van der Waals surface area contributed by atoms with Crippen molar-refractivity contribution in [1.82, 2.24) is 0 Å². The molecule has 2 amide bonds. The predicted molar refractivity (Wildman–Crippen MR) is 109 cm³/mol. The van der Waals surface area contributed by atoms with E-state index in [0.717, 1.165) is 4.90 Å². The van der Waals surface area contributed by atoms with Crippen LogP contribution in [0.3, 0.4) is 0 Å². The quantitative estimate of drug-likeness (QED) is 0.557. The molecule has 8 nitrogen and oxygen atoms in total. The molecule has 1 heterocycles. The molecule has 2 aromatic rings. The van der Waals surface area contributed by atoms with Gasteiger partial charge in [0.15, 0.2) is 0 Å². The number of rotatable bonds is 6. The molecule has 154 valence electrons. The molecule has 0 bridgehead atoms. The van der Waals surface area contributed by atoms with Crippen molar-refractivity contribution < 1.29 is 28.7 Å². The molecule has 0 unspecified atom stereocenters. The summed E-state index contributed by atoms with van der Waals surface area (Å²) in [5.41, 5.74) is 0.541. The summed E-state index contributed by atoms with van der Waals surface area (Å²) < 4.78 is 9.67. The fourth-order valence-corrected chi connectivity index (χ4v) is 3.08. The molecule has 1 aliphatic heterocycles. The molecule has 9 heteroatoms. The fourth-order valence-electron chi connectivity index (χ4n) is 2.87. The highest BCUT2D eigenvalue weighted by Gasteiger charge is 2.40. The Balaban J connectivity index is 1.93. The SMILES string of the molecule is CCOC(=O)c1ccccc1N1C(=O)C(Cl)=C(Nc2cccc(C(=O)OC)c2)C1=O. The number of ether oxygens (including phenoxy) is 2. The number of halogens is 1. The van der Waals surface area contributed by atoms with Gasteiger partial charge < -0.3 is 14.8 Å². The summed E-state index contributed by atoms with van der Waals surface area (Å²) in [6.45, 7) is 1.78. The van der Waals surface area contributed by atoms with Gasteiger partial charge in [0.25, 0.3) is 11.8 Å². The number of amides is 2. The zero-order valence-corrected chi connectivity index (χ0v) is 16.9. The lowest BCUT2D eigenvalue weighted by molar-refractivity contribution is -0.120. The van der Waals surface area contributed by atoms with E-state index in [4.69, 9.17) is 16.3 Å². The number of esters is 2. The molecule has 0 spiro atoms. The zero-order chi connectivity index (χ0) is 21.8. The number of carbonyl (C=O) groups excluding carboxylic acids is 4. The van der Waals surface area contributed by atoms with Crippen LogP contribution in [0.4, 0.5) is 11.4 Å². The third kappa shape index (κ3) is 3.90. The Morgan fingerprint density at radius 1 is 1.03 bits per heavy atom. The van der Waals surface area contributed by atoms with Gasteiger partial charge in [-0.05, 0) is 37.3 Å². The first kappa shape index (κ1) is 21.1. The van der Waals surface area contributed by atoms with Crippen LogP contribution in [0.25, 0.3) is 0 Å². The number of anilines is 2. The summed E-state index contributed by atoms with van der Waals surface area (Å²) in [6.07, 6.45) is 0. The average Bonchev–Trinajstić information content (AvgIpc) is 2.96. The van der Waals surface area contributed by atoms with Crippen LogP contribution in [-0.2, 0) is 19.1 Å². The van der Waals surface area contributed by atoms with Crippen LogP contribution in [-0.4, -0.2) is 37.5 Å². The standard InChI is InChI=1S/C21H17ClN2O6/c1-3-30-21(28)14-9-4-5-10-15(14)24-18(25)16(22)17(19(24)26)23-13-8-6-7-12(11-13)20(27)29-2/h4-11,23H,3H2,1-2H3. The minimum absolute atomic E-state index is 0.0551. The Morgan fingerprint density at radius 2 is 1.77 bits per heavy atom. The van der Waals surface area contributed by atoms with E-state index in [1.807, 2.05) is 0 Å². The molecule has 0 saturated heterocycles. The highest BCUT2D eigenvalue weighted by atomic mass is 35.5. The van der Waals surface area contributed by atoms with E-state index >= 15 is 0 Å². The summed E-state index contributed by atoms with van der Waals surface area (Å²) in [6, 6.07) is 12.2. The first-order valence-electron chi connectivity index (χ1n) is 8.89. The molecule has 3 rings (SSSR count). The van der Waals surface area contributed by atoms with Crippen molar-refractivity contribution in [1.29, 1.82) is 0 Å². The number of imide groups is 1. The van der Waals surface area contributed by atoms with Crippen molar-refractivity contribution in [2.75, 3.05) is 23.9 Å². The maximum Gasteiger partial charge on any atom is 0.340 e. The lowest BCUT2D eigenvalue weighted by atomic mass is 10.1. The Morgan fingerprint density at radius 3 is 2.47 bits per heavy atom. The first-order valence-corrected chi connectivity index (χ1v) is 9.27. The van der Waals surface area contributed by atoms with Gasteiger partial charge >= 0.3 is 11.9 Å². The highest BCUT2D eigenvalue weighted by molar-refractivity contribution is 6.53. The van der Waals surface area contributed by atoms with Crippen LogP contribution >= 0.6 is 11.6 Å². The number of para-hydroxylation sites is 1. The molecule has 30 heavy (non-hydrogen) atoms. The van der Waals surface area contributed by atoms with E-state index in [1.165, 1.54) is 31.4 Å². The van der Waals surface area contributed by atoms with Crippen LogP contribution in [0.2, 0.25) is 0 Å². The Labute approximate surface area is 177 Å². The van der Waals surface area contributed by atoms with E-state index in [0.29, 0.717) is 5.69 Å². The minimum atomic E-state index is -0.787. The Hall–Kier alpha value is -3.65. The minimum Gasteiger partial charge on any atom is -0.465 e. The predicted octanol–water partition coefficient (Wildman–Crippen LogP) is 3.09. The molecule has 2 aromatic carbocycles. The van der Waals surface area contributed by atoms with Gasteiger partial charge in [0.05, 0.1) is 30.5 Å². The van der Waals surface area contributed by atoms with Gasteiger partial charge in [-0.1, -0.05) is 29.8 Å². The molecule has 0 aromatic heterocycles. The molecule has 0 fully saturated rings. The van der Waals surface area contributed by atoms with Gasteiger partial charge in [0.2, 0.25) is 0 Å². The van der Waals surface area contributed by atoms with E-state index in [9.17, 15) is 19.2 Å². The number of nitrogens with one attached hydrogen (secondary N) is 1. The molecule has 1 aliphatic rings. The number of nitrogens with zero attached hydrogens (tertiary/aromatic N) is 1. The van der Waals surface area contributed by atoms with Crippen LogP contribution in [0.1, 0.15) is 27.6 Å². The second-order valence-electron chi connectivity index (χ2n) is 6.07. The summed E-state index contributed by atoms with van der Waals surface area (Å²) in [7, 11) is 1.25. The van der Waals surface area contributed by atoms with Crippen LogP contribution in [0.5, 0.6) is 0 Å². The van der Waals surface area contributed by atoms with Gasteiger partial charge in [-0.15, -0.1) is 0 Å². The molecule has 0 aliphatic carbocycles. The second kappa shape index (κ2) is 8.79. The summed E-state index contributed by atoms with van der Waals surface area (Å²) >= 11 is 6.14. The lowest BCUT2D eigenvalue weighted by Gasteiger charge is -2.18. The van der Waals surface area contributed by atoms with Gasteiger partial charge in [-0.25, -0.2) is 14.5 Å². The number of benzene rings is 2. The van der Waals surface area contributed by atoms with Crippen molar-refractivity contribution >= 4 is 46.7 Å². The van der Waals surface area contributed by atoms with Crippen molar-refractivity contribution in [3.63, 3.8) is 0 Å². The van der Waals surface area contributed by atoms with Gasteiger partial charge in [-0.3, -0.25) is 9.59 Å². The lowest BCUT2D eigenvalue weighted by Crippen LogP contribution is -2.33. The number of hydrogen-bond acceptors (Lipinski definition) is 7. The average molecular weight is 429 g/mol. The monoisotopic (exact) mass is 428 g/mol. The van der Waals surface area contributed by atoms with Crippen LogP contribution in [0.15, 0.2) is 59.3 Å². The number of methoxy groups -OCH3 is 1. The first-order chi connectivity index (χ1) is 14.4. The van der Waals surface area contributed by atoms with Gasteiger partial charge in [-0.2, -0.15) is 0 Å². The largest absolute Gasteiger partial charge is 0.465 e. The van der Waals surface area contributed by atoms with E-state index in [2.05, 4.69) is 10.1 Å². The normalized spacial score (nSPS) is 13.5. The van der Waals surface area contributed by atoms with E-state index in [1.54, 1.807) is 31.2 Å². The fraction of sp³-hybridized carbons (Fsp3) is 0.143. The molecule has 0 saturated carbocycles. The molecule has 0 atom stereocenters. The van der Waals surface area contributed by atoms with Crippen LogP contribution in [0, 0.1) is 0 Å². The van der Waals surface area contributed by atoms with E-state index in [-0.39, 0.29) is 34.2 Å². The molecular formula is C21H17ClN2O6. The van der Waals surface area contributed by atoms with Crippen molar-refractivity contribution in [3.05, 3.63) is 70.4 Å². The third-order valence-corrected chi connectivity index (χ3v) is 4.57. The maximum absolute atomic E-state index is 13.0. The molecule has 1 N–H and O–H groups in total. The second-order valence-corrected chi connectivity index (χ2v) is 6.45. The summed E-state index contributed by atoms with van der Waals surface area (Å²) in [5, 5.41) is 2.43. The number of hydrogen-bond donors (Lipinski definition) is 1. The summed E-state index contributed by atoms with van der Waals surface area (Å²) in [4.78, 5) is 50.5. The van der Waals surface area contributed by atoms with Crippen LogP contribution < -0.4 is 10.2 Å². The van der Waals surface area contributed by atoms with Gasteiger partial charge in [0.1, 0.15) is 10.7 Å². The van der Waals surface area contributed by atoms with Crippen molar-refractivity contribution in [2.24, 2.45) is 0 Å². The maximum atomic E-state index is 13.0. The van der Waals surface area contributed by atoms with Crippen molar-refractivity contribution in [3.8, 4) is 0 Å². The molecule has 0 radical (unpaired) electrons. The smallest absolute Gasteiger partial charge is 0.340 e. The third-order valence-electron chi connectivity index (χ3n) is 4.22. The topological polar surface area (TPSA) is 102 Å². The Bertz CT molecular complexity index is 1080. The van der Waals surface area contributed by atoms with Crippen molar-refractivity contribution in [2.45, 2.75) is 6.92 Å². The zero-order valence-electron chi connectivity index (χ0n) is 16.1. The number of carbonyl (C=O) groups is 4. The highest BCUT2D eigenvalue weighted by Crippen LogP contribution is 2.32. The van der Waals surface area contributed by atoms with Gasteiger partial charge in [0, 0.05) is 5.69 Å². The Kier molecular flexibility index (Phi) is 6.17. The van der Waals surface area contributed by atoms with E-state index < -0.39 is 23.8 Å².